The van der Waals surface area contributed by atoms with Crippen LogP contribution in [0.1, 0.15) is 45.4 Å². The largest absolute Gasteiger partial charge is 0.388 e. The first kappa shape index (κ1) is 12.1. The molecule has 3 heterocycles. The lowest BCUT2D eigenvalue weighted by Crippen LogP contribution is -2.63. The Labute approximate surface area is 132 Å². The van der Waals surface area contributed by atoms with Crippen molar-refractivity contribution < 1.29 is 5.11 Å². The molecule has 6 saturated carbocycles. The van der Waals surface area contributed by atoms with Crippen LogP contribution in [0.4, 0.5) is 0 Å². The van der Waals surface area contributed by atoms with E-state index < -0.39 is 0 Å². The van der Waals surface area contributed by atoms with Crippen molar-refractivity contribution in [2.75, 3.05) is 6.54 Å². The molecule has 22 heavy (non-hydrogen) atoms. The molecule has 9 bridgehead atoms. The van der Waals surface area contributed by atoms with Crippen LogP contribution in [0.25, 0.3) is 0 Å². The summed E-state index contributed by atoms with van der Waals surface area (Å²) in [6.07, 6.45) is 8.23. The quantitative estimate of drug-likeness (QED) is 0.695. The Hall–Kier alpha value is -0.340. The maximum Gasteiger partial charge on any atom is 0.0813 e. The van der Waals surface area contributed by atoms with Crippen LogP contribution in [0, 0.1) is 39.9 Å². The standard InChI is InChI=1S/C20H27NO/c1-10-11-6-12-16-19-5-3-4-18(2)9-21(16)13(15(18)19)8-20(12,17(10)22)14(19)7-11/h11-17,22H,1,3-9H2,2H3/t11-,12+,13-,14-,15+,16?,17+,18-,19+,20?/m0/s1. The summed E-state index contributed by atoms with van der Waals surface area (Å²) < 4.78 is 0. The van der Waals surface area contributed by atoms with Gasteiger partial charge in [0.25, 0.3) is 0 Å². The number of piperidine rings is 2. The van der Waals surface area contributed by atoms with Crippen LogP contribution in [-0.2, 0) is 0 Å². The zero-order valence-corrected chi connectivity index (χ0v) is 13.6. The smallest absolute Gasteiger partial charge is 0.0813 e. The molecule has 9 aliphatic rings. The zero-order chi connectivity index (χ0) is 14.6. The molecule has 3 aliphatic heterocycles. The van der Waals surface area contributed by atoms with Crippen molar-refractivity contribution in [1.82, 2.24) is 4.90 Å². The second-order valence-corrected chi connectivity index (χ2v) is 10.4. The molecule has 2 nitrogen and oxygen atoms in total. The van der Waals surface area contributed by atoms with E-state index in [-0.39, 0.29) is 11.5 Å². The molecule has 1 N–H and O–H groups in total. The van der Waals surface area contributed by atoms with E-state index >= 15 is 0 Å². The molecule has 9 rings (SSSR count). The fourth-order valence-corrected chi connectivity index (χ4v) is 10.4. The Balaban J connectivity index is 1.53. The molecule has 0 radical (unpaired) electrons. The Bertz CT molecular complexity index is 644. The van der Waals surface area contributed by atoms with Gasteiger partial charge in [0, 0.05) is 24.0 Å². The lowest BCUT2D eigenvalue weighted by atomic mass is 9.40. The van der Waals surface area contributed by atoms with Gasteiger partial charge in [0.1, 0.15) is 0 Å². The van der Waals surface area contributed by atoms with Gasteiger partial charge in [-0.15, -0.1) is 0 Å². The number of aliphatic hydroxyl groups is 1. The second-order valence-electron chi connectivity index (χ2n) is 10.4. The first-order valence-corrected chi connectivity index (χ1v) is 9.66. The fraction of sp³-hybridized carbons (Fsp3) is 0.900. The maximum absolute atomic E-state index is 11.2. The minimum absolute atomic E-state index is 0.172. The molecule has 0 aromatic rings. The number of aliphatic hydroxyl groups excluding tert-OH is 1. The predicted molar refractivity (Wildman–Crippen MR) is 84.1 cm³/mol. The van der Waals surface area contributed by atoms with Gasteiger partial charge in [-0.05, 0) is 72.2 Å². The predicted octanol–water partition coefficient (Wildman–Crippen LogP) is 2.82. The van der Waals surface area contributed by atoms with Crippen molar-refractivity contribution in [2.24, 2.45) is 39.9 Å². The number of fused-ring (bicyclic) bond motifs is 1. The van der Waals surface area contributed by atoms with Crippen LogP contribution in [-0.4, -0.2) is 34.7 Å². The third kappa shape index (κ3) is 0.815. The van der Waals surface area contributed by atoms with Crippen LogP contribution in [0.5, 0.6) is 0 Å². The van der Waals surface area contributed by atoms with Crippen molar-refractivity contribution >= 4 is 0 Å². The molecule has 9 fully saturated rings. The van der Waals surface area contributed by atoms with Crippen molar-refractivity contribution in [3.05, 3.63) is 12.2 Å². The SMILES string of the molecule is C=C1[C@H]2C[C@@H]3C4N5C[C@]6(C)CCC[C@]47[C@H](C2)C3(C[C@H]5[C@H]67)[C@@H]1O. The highest BCUT2D eigenvalue weighted by Gasteiger charge is 2.87. The average Bonchev–Trinajstić information content (AvgIpc) is 2.90. The van der Waals surface area contributed by atoms with E-state index in [4.69, 9.17) is 0 Å². The number of rotatable bonds is 0. The second kappa shape index (κ2) is 2.99. The topological polar surface area (TPSA) is 23.5 Å². The van der Waals surface area contributed by atoms with E-state index in [1.165, 1.54) is 50.6 Å². The highest BCUT2D eigenvalue weighted by Crippen LogP contribution is 2.86. The first-order valence-electron chi connectivity index (χ1n) is 9.66. The lowest BCUT2D eigenvalue weighted by molar-refractivity contribution is -0.166. The number of hydrogen-bond donors (Lipinski definition) is 1. The van der Waals surface area contributed by atoms with Gasteiger partial charge in [-0.25, -0.2) is 0 Å². The molecule has 0 aromatic carbocycles. The molecule has 2 heteroatoms. The zero-order valence-electron chi connectivity index (χ0n) is 13.6. The van der Waals surface area contributed by atoms with Crippen LogP contribution in [0.2, 0.25) is 0 Å². The normalized spacial score (nSPS) is 75.1. The van der Waals surface area contributed by atoms with Gasteiger partial charge in [-0.3, -0.25) is 4.90 Å². The summed E-state index contributed by atoms with van der Waals surface area (Å²) in [4.78, 5) is 2.98. The molecule has 3 saturated heterocycles. The minimum Gasteiger partial charge on any atom is -0.388 e. The molecule has 3 unspecified atom stereocenters. The molecular weight excluding hydrogens is 270 g/mol. The van der Waals surface area contributed by atoms with E-state index in [1.54, 1.807) is 0 Å². The van der Waals surface area contributed by atoms with Crippen LogP contribution in [0.15, 0.2) is 12.2 Å². The molecule has 118 valence electrons. The lowest BCUT2D eigenvalue weighted by Gasteiger charge is -2.64. The molecule has 0 aromatic heterocycles. The number of hydrogen-bond acceptors (Lipinski definition) is 2. The van der Waals surface area contributed by atoms with Crippen molar-refractivity contribution in [2.45, 2.75) is 63.6 Å². The van der Waals surface area contributed by atoms with Gasteiger partial charge in [0.15, 0.2) is 0 Å². The fourth-order valence-electron chi connectivity index (χ4n) is 10.4. The third-order valence-electron chi connectivity index (χ3n) is 10.3. The van der Waals surface area contributed by atoms with E-state index in [2.05, 4.69) is 18.4 Å². The van der Waals surface area contributed by atoms with E-state index in [1.807, 2.05) is 0 Å². The summed E-state index contributed by atoms with van der Waals surface area (Å²) in [6.45, 7) is 8.32. The molecule has 2 spiro atoms. The van der Waals surface area contributed by atoms with Crippen LogP contribution in [0.3, 0.4) is 0 Å². The Morgan fingerprint density at radius 3 is 2.95 bits per heavy atom. The summed E-state index contributed by atoms with van der Waals surface area (Å²) in [5, 5.41) is 11.2. The minimum atomic E-state index is -0.172. The van der Waals surface area contributed by atoms with Gasteiger partial charge in [-0.2, -0.15) is 0 Å². The summed E-state index contributed by atoms with van der Waals surface area (Å²) in [5.41, 5.74) is 2.65. The van der Waals surface area contributed by atoms with Gasteiger partial charge in [-0.1, -0.05) is 19.9 Å². The van der Waals surface area contributed by atoms with Crippen molar-refractivity contribution in [3.63, 3.8) is 0 Å². The monoisotopic (exact) mass is 297 g/mol. The summed E-state index contributed by atoms with van der Waals surface area (Å²) in [5.74, 6) is 3.21. The number of nitrogens with zero attached hydrogens (tertiary/aromatic N) is 1. The molecule has 11 atom stereocenters. The Morgan fingerprint density at radius 2 is 2.09 bits per heavy atom. The maximum atomic E-state index is 11.2. The van der Waals surface area contributed by atoms with Crippen LogP contribution >= 0.6 is 0 Å². The summed E-state index contributed by atoms with van der Waals surface area (Å²) in [6, 6.07) is 1.64. The molecular formula is C20H27NO. The van der Waals surface area contributed by atoms with E-state index in [0.29, 0.717) is 16.7 Å². The van der Waals surface area contributed by atoms with E-state index in [9.17, 15) is 5.11 Å². The first-order chi connectivity index (χ1) is 10.5. The Morgan fingerprint density at radius 1 is 1.23 bits per heavy atom. The molecule has 6 aliphatic carbocycles. The Kier molecular flexibility index (Phi) is 1.64. The van der Waals surface area contributed by atoms with Gasteiger partial charge in [0.05, 0.1) is 6.10 Å². The summed E-state index contributed by atoms with van der Waals surface area (Å²) >= 11 is 0. The highest BCUT2D eigenvalue weighted by molar-refractivity contribution is 5.42. The van der Waals surface area contributed by atoms with Gasteiger partial charge >= 0.3 is 0 Å². The van der Waals surface area contributed by atoms with Gasteiger partial charge < -0.3 is 5.11 Å². The van der Waals surface area contributed by atoms with Crippen molar-refractivity contribution in [1.29, 1.82) is 0 Å². The van der Waals surface area contributed by atoms with Gasteiger partial charge in [0.2, 0.25) is 0 Å². The average molecular weight is 297 g/mol. The molecule has 0 amide bonds. The summed E-state index contributed by atoms with van der Waals surface area (Å²) in [7, 11) is 0. The third-order valence-corrected chi connectivity index (χ3v) is 10.3. The van der Waals surface area contributed by atoms with E-state index in [0.717, 1.165) is 29.8 Å². The van der Waals surface area contributed by atoms with Crippen molar-refractivity contribution in [3.8, 4) is 0 Å². The highest BCUT2D eigenvalue weighted by atomic mass is 16.3. The van der Waals surface area contributed by atoms with Crippen LogP contribution < -0.4 is 0 Å².